The largest absolute Gasteiger partial charge is 0.309 e. The molecule has 3 aromatic heterocycles. The van der Waals surface area contributed by atoms with Gasteiger partial charge in [0, 0.05) is 38.4 Å². The molecule has 11 aromatic rings. The summed E-state index contributed by atoms with van der Waals surface area (Å²) in [5, 5.41) is 13.9. The summed E-state index contributed by atoms with van der Waals surface area (Å²) in [5.41, 5.74) is 15.2. The summed E-state index contributed by atoms with van der Waals surface area (Å²) < 4.78 is 4.68. The first-order valence-electron chi connectivity index (χ1n) is 21.0. The van der Waals surface area contributed by atoms with Crippen molar-refractivity contribution in [3.05, 3.63) is 242 Å². The lowest BCUT2D eigenvalue weighted by molar-refractivity contribution is 1.16. The maximum absolute atomic E-state index is 9.16. The van der Waals surface area contributed by atoms with Gasteiger partial charge in [-0.2, -0.15) is 0 Å². The molecule has 8 aromatic carbocycles. The van der Waals surface area contributed by atoms with Gasteiger partial charge in [0.05, 0.1) is 44.9 Å². The Hall–Kier alpha value is -8.34. The van der Waals surface area contributed by atoms with Crippen molar-refractivity contribution < 1.29 is 0 Å². The number of rotatable bonds is 9. The van der Waals surface area contributed by atoms with Gasteiger partial charge in [0.1, 0.15) is 0 Å². The van der Waals surface area contributed by atoms with Crippen molar-refractivity contribution in [2.45, 2.75) is 0 Å². The highest BCUT2D eigenvalue weighted by Crippen LogP contribution is 2.39. The average molecular weight is 793 g/mol. The number of aromatic nitrogens is 3. The standard InChI is InChI=1S/C58H40N4/c59-52(41-19-7-2-8-20-41)37-46(32-29-40-17-5-1-6-18-40)61-55-27-15-13-25-48(55)50-35-44(30-33-57(50)61)45-31-34-58-51(36-45)49-26-14-16-28-56(49)62(58)47-38-53(42-21-9-3-10-22-42)60-54(39-47)43-23-11-4-12-24-43/h1-39,59H/b32-29+,46-37+,59-52?. The van der Waals surface area contributed by atoms with Crippen molar-refractivity contribution in [3.8, 4) is 39.3 Å². The van der Waals surface area contributed by atoms with E-state index in [-0.39, 0.29) is 0 Å². The van der Waals surface area contributed by atoms with Crippen LogP contribution in [0, 0.1) is 5.41 Å². The van der Waals surface area contributed by atoms with Crippen molar-refractivity contribution in [1.29, 1.82) is 5.41 Å². The fourth-order valence-electron chi connectivity index (χ4n) is 8.80. The van der Waals surface area contributed by atoms with Crippen LogP contribution in [0.1, 0.15) is 11.1 Å². The van der Waals surface area contributed by atoms with Crippen LogP contribution in [0.2, 0.25) is 0 Å². The third-order valence-electron chi connectivity index (χ3n) is 11.8. The second-order valence-electron chi connectivity index (χ2n) is 15.6. The van der Waals surface area contributed by atoms with E-state index >= 15 is 0 Å². The number of nitrogens with one attached hydrogen (secondary N) is 1. The normalized spacial score (nSPS) is 12.0. The maximum atomic E-state index is 9.16. The number of hydrogen-bond donors (Lipinski definition) is 1. The average Bonchev–Trinajstić information content (AvgIpc) is 3.86. The summed E-state index contributed by atoms with van der Waals surface area (Å²) in [7, 11) is 0. The molecule has 0 saturated carbocycles. The predicted molar refractivity (Wildman–Crippen MR) is 261 cm³/mol. The van der Waals surface area contributed by atoms with E-state index in [1.807, 2.05) is 54.6 Å². The lowest BCUT2D eigenvalue weighted by Crippen LogP contribution is -2.01. The first-order valence-corrected chi connectivity index (χ1v) is 21.0. The Morgan fingerprint density at radius 2 is 0.887 bits per heavy atom. The molecule has 0 aliphatic rings. The Morgan fingerprint density at radius 1 is 0.419 bits per heavy atom. The highest BCUT2D eigenvalue weighted by molar-refractivity contribution is 6.16. The molecule has 0 aliphatic carbocycles. The molecule has 0 saturated heterocycles. The fourth-order valence-corrected chi connectivity index (χ4v) is 8.80. The molecule has 62 heavy (non-hydrogen) atoms. The van der Waals surface area contributed by atoms with Gasteiger partial charge >= 0.3 is 0 Å². The summed E-state index contributed by atoms with van der Waals surface area (Å²) in [5.74, 6) is 0. The van der Waals surface area contributed by atoms with Gasteiger partial charge in [-0.15, -0.1) is 0 Å². The zero-order valence-corrected chi connectivity index (χ0v) is 33.9. The van der Waals surface area contributed by atoms with Gasteiger partial charge in [0.15, 0.2) is 0 Å². The number of allylic oxidation sites excluding steroid dienone is 3. The van der Waals surface area contributed by atoms with Gasteiger partial charge < -0.3 is 14.5 Å². The molecule has 1 N–H and O–H groups in total. The van der Waals surface area contributed by atoms with Crippen molar-refractivity contribution in [2.75, 3.05) is 0 Å². The molecule has 0 atom stereocenters. The fraction of sp³-hybridized carbons (Fsp3) is 0. The van der Waals surface area contributed by atoms with Crippen LogP contribution in [-0.2, 0) is 0 Å². The minimum atomic E-state index is 0.452. The first kappa shape index (κ1) is 36.7. The van der Waals surface area contributed by atoms with E-state index in [0.29, 0.717) is 5.71 Å². The summed E-state index contributed by atoms with van der Waals surface area (Å²) in [4.78, 5) is 5.18. The van der Waals surface area contributed by atoms with E-state index in [1.54, 1.807) is 0 Å². The molecule has 292 valence electrons. The molecule has 0 aliphatic heterocycles. The van der Waals surface area contributed by atoms with Crippen LogP contribution in [0.4, 0.5) is 0 Å². The minimum absolute atomic E-state index is 0.452. The maximum Gasteiger partial charge on any atom is 0.0730 e. The number of nitrogens with zero attached hydrogens (tertiary/aromatic N) is 3. The summed E-state index contributed by atoms with van der Waals surface area (Å²) in [6.45, 7) is 0. The van der Waals surface area contributed by atoms with E-state index in [0.717, 1.165) is 89.0 Å². The number of hydrogen-bond acceptors (Lipinski definition) is 2. The Labute approximate surface area is 360 Å². The molecule has 0 unspecified atom stereocenters. The molecular formula is C58H40N4. The molecule has 0 fully saturated rings. The SMILES string of the molecule is N=C(/C=C(\C=C\c1ccccc1)n1c2ccccc2c2cc(-c3ccc4c(c3)c3ccccc3n4-c3cc(-c4ccccc4)nc(-c4ccccc4)c3)ccc21)c1ccccc1. The van der Waals surface area contributed by atoms with Crippen LogP contribution >= 0.6 is 0 Å². The van der Waals surface area contributed by atoms with E-state index in [2.05, 4.69) is 191 Å². The van der Waals surface area contributed by atoms with Crippen LogP contribution in [0.25, 0.3) is 94.7 Å². The van der Waals surface area contributed by atoms with E-state index in [9.17, 15) is 0 Å². The van der Waals surface area contributed by atoms with Gasteiger partial charge in [0.25, 0.3) is 0 Å². The first-order chi connectivity index (χ1) is 30.7. The lowest BCUT2D eigenvalue weighted by Gasteiger charge is -2.13. The molecule has 4 heteroatoms. The summed E-state index contributed by atoms with van der Waals surface area (Å²) in [6, 6.07) is 76.5. The predicted octanol–water partition coefficient (Wildman–Crippen LogP) is 14.9. The van der Waals surface area contributed by atoms with Crippen LogP contribution in [0.5, 0.6) is 0 Å². The number of para-hydroxylation sites is 2. The van der Waals surface area contributed by atoms with Gasteiger partial charge in [-0.1, -0.05) is 176 Å². The smallest absolute Gasteiger partial charge is 0.0730 e. The topological polar surface area (TPSA) is 46.6 Å². The van der Waals surface area contributed by atoms with Crippen molar-refractivity contribution >= 4 is 61.1 Å². The Bertz CT molecular complexity index is 3450. The van der Waals surface area contributed by atoms with Crippen LogP contribution in [0.15, 0.2) is 231 Å². The summed E-state index contributed by atoms with van der Waals surface area (Å²) >= 11 is 0. The summed E-state index contributed by atoms with van der Waals surface area (Å²) in [6.07, 6.45) is 6.24. The third-order valence-corrected chi connectivity index (χ3v) is 11.8. The Kier molecular flexibility index (Phi) is 9.29. The highest BCUT2D eigenvalue weighted by atomic mass is 15.0. The number of fused-ring (bicyclic) bond motifs is 6. The van der Waals surface area contributed by atoms with Crippen LogP contribution in [-0.4, -0.2) is 19.8 Å². The Balaban J connectivity index is 1.06. The van der Waals surface area contributed by atoms with Gasteiger partial charge in [-0.05, 0) is 82.9 Å². The molecule has 11 rings (SSSR count). The van der Waals surface area contributed by atoms with Crippen molar-refractivity contribution in [2.24, 2.45) is 0 Å². The lowest BCUT2D eigenvalue weighted by atomic mass is 10.0. The molecule has 3 heterocycles. The number of pyridine rings is 1. The van der Waals surface area contributed by atoms with Gasteiger partial charge in [-0.25, -0.2) is 4.98 Å². The van der Waals surface area contributed by atoms with Crippen molar-refractivity contribution in [1.82, 2.24) is 14.1 Å². The minimum Gasteiger partial charge on any atom is -0.309 e. The van der Waals surface area contributed by atoms with Gasteiger partial charge in [0.2, 0.25) is 0 Å². The molecule has 0 radical (unpaired) electrons. The Morgan fingerprint density at radius 3 is 1.52 bits per heavy atom. The third kappa shape index (κ3) is 6.70. The molecule has 0 amide bonds. The van der Waals surface area contributed by atoms with Gasteiger partial charge in [-0.3, -0.25) is 0 Å². The molecule has 0 spiro atoms. The molecular weight excluding hydrogens is 753 g/mol. The molecule has 0 bridgehead atoms. The van der Waals surface area contributed by atoms with E-state index < -0.39 is 0 Å². The second kappa shape index (κ2) is 15.7. The van der Waals surface area contributed by atoms with E-state index in [4.69, 9.17) is 10.4 Å². The highest BCUT2D eigenvalue weighted by Gasteiger charge is 2.18. The van der Waals surface area contributed by atoms with E-state index in [1.165, 1.54) is 10.8 Å². The molecule has 4 nitrogen and oxygen atoms in total. The second-order valence-corrected chi connectivity index (χ2v) is 15.6. The van der Waals surface area contributed by atoms with Crippen molar-refractivity contribution in [3.63, 3.8) is 0 Å². The zero-order valence-electron chi connectivity index (χ0n) is 33.9. The zero-order chi connectivity index (χ0) is 41.4. The monoisotopic (exact) mass is 792 g/mol. The number of benzene rings is 8. The van der Waals surface area contributed by atoms with Crippen LogP contribution < -0.4 is 0 Å². The van der Waals surface area contributed by atoms with Crippen LogP contribution in [0.3, 0.4) is 0 Å². The quantitative estimate of drug-likeness (QED) is 0.115.